The number of hydrogen-bond donors (Lipinski definition) is 0. The SMILES string of the molecule is [C-]#[N+]c1ccc(-c2ccc3c(c2)sc2ccccc23)c2c1oc1c(-n3c4ccccc4c4ccccc43)cccc12. The summed E-state index contributed by atoms with van der Waals surface area (Å²) >= 11 is 1.82. The van der Waals surface area contributed by atoms with Crippen LogP contribution in [0.2, 0.25) is 0 Å². The van der Waals surface area contributed by atoms with Crippen molar-refractivity contribution >= 4 is 80.9 Å². The molecule has 0 radical (unpaired) electrons. The lowest BCUT2D eigenvalue weighted by atomic mass is 9.97. The predicted octanol–water partition coefficient (Wildman–Crippen LogP) is 11.3. The van der Waals surface area contributed by atoms with Gasteiger partial charge in [0.25, 0.3) is 0 Å². The first kappa shape index (κ1) is 22.4. The number of aromatic nitrogens is 1. The van der Waals surface area contributed by atoms with Gasteiger partial charge in [-0.2, -0.15) is 0 Å². The molecule has 190 valence electrons. The second-order valence-electron chi connectivity index (χ2n) is 10.4. The summed E-state index contributed by atoms with van der Waals surface area (Å²) in [5, 5.41) is 6.96. The van der Waals surface area contributed by atoms with Crippen LogP contribution in [0.1, 0.15) is 0 Å². The summed E-state index contributed by atoms with van der Waals surface area (Å²) < 4.78 is 11.5. The van der Waals surface area contributed by atoms with Gasteiger partial charge in [0.15, 0.2) is 5.58 Å². The normalized spacial score (nSPS) is 11.9. The molecule has 3 nitrogen and oxygen atoms in total. The van der Waals surface area contributed by atoms with Crippen LogP contribution in [0.5, 0.6) is 0 Å². The summed E-state index contributed by atoms with van der Waals surface area (Å²) in [4.78, 5) is 3.85. The highest BCUT2D eigenvalue weighted by Gasteiger charge is 2.21. The van der Waals surface area contributed by atoms with Crippen molar-refractivity contribution in [2.45, 2.75) is 0 Å². The summed E-state index contributed by atoms with van der Waals surface area (Å²) in [6.07, 6.45) is 0. The van der Waals surface area contributed by atoms with Gasteiger partial charge in [0.05, 0.1) is 23.3 Å². The van der Waals surface area contributed by atoms with E-state index >= 15 is 0 Å². The fraction of sp³-hybridized carbons (Fsp3) is 0. The van der Waals surface area contributed by atoms with Crippen LogP contribution >= 0.6 is 11.3 Å². The molecule has 4 heteroatoms. The Labute approximate surface area is 238 Å². The topological polar surface area (TPSA) is 22.4 Å². The van der Waals surface area contributed by atoms with Gasteiger partial charge in [-0.3, -0.25) is 0 Å². The van der Waals surface area contributed by atoms with Crippen molar-refractivity contribution in [2.75, 3.05) is 0 Å². The Morgan fingerprint density at radius 1 is 0.585 bits per heavy atom. The summed E-state index contributed by atoms with van der Waals surface area (Å²) in [5.74, 6) is 0. The minimum atomic E-state index is 0.524. The minimum absolute atomic E-state index is 0.524. The maximum atomic E-state index is 7.91. The molecule has 9 aromatic rings. The maximum absolute atomic E-state index is 7.91. The van der Waals surface area contributed by atoms with Crippen LogP contribution in [-0.2, 0) is 0 Å². The van der Waals surface area contributed by atoms with E-state index in [9.17, 15) is 0 Å². The fourth-order valence-corrected chi connectivity index (χ4v) is 7.60. The molecular formula is C37H20N2OS. The van der Waals surface area contributed by atoms with Crippen LogP contribution in [0.25, 0.3) is 85.6 Å². The average molecular weight is 541 g/mol. The van der Waals surface area contributed by atoms with Crippen molar-refractivity contribution in [3.63, 3.8) is 0 Å². The number of rotatable bonds is 2. The zero-order valence-corrected chi connectivity index (χ0v) is 22.6. The van der Waals surface area contributed by atoms with E-state index in [1.807, 2.05) is 17.4 Å². The van der Waals surface area contributed by atoms with E-state index in [4.69, 9.17) is 11.0 Å². The lowest BCUT2D eigenvalue weighted by molar-refractivity contribution is 0.668. The molecular weight excluding hydrogens is 520 g/mol. The van der Waals surface area contributed by atoms with Gasteiger partial charge in [-0.25, -0.2) is 4.85 Å². The molecule has 0 aliphatic heterocycles. The van der Waals surface area contributed by atoms with Crippen molar-refractivity contribution in [3.05, 3.63) is 133 Å². The lowest BCUT2D eigenvalue weighted by Gasteiger charge is -2.08. The first-order chi connectivity index (χ1) is 20.3. The quantitative estimate of drug-likeness (QED) is 0.200. The third-order valence-electron chi connectivity index (χ3n) is 8.24. The standard InChI is InChI=1S/C37H20N2OS/c1-38-29-20-19-23(22-17-18-27-26-11-4-7-16-33(26)41-34(27)21-22)35-28-12-8-15-32(36(28)40-37(29)35)39-30-13-5-2-9-24(30)25-10-3-6-14-31(25)39/h2-21H. The third kappa shape index (κ3) is 3.07. The first-order valence-electron chi connectivity index (χ1n) is 13.6. The molecule has 0 aliphatic carbocycles. The molecule has 3 heterocycles. The maximum Gasteiger partial charge on any atom is 0.229 e. The number of benzene rings is 6. The van der Waals surface area contributed by atoms with E-state index in [0.29, 0.717) is 11.3 Å². The van der Waals surface area contributed by atoms with Gasteiger partial charge in [0.2, 0.25) is 5.69 Å². The van der Waals surface area contributed by atoms with Crippen LogP contribution in [0, 0.1) is 6.57 Å². The molecule has 6 aromatic carbocycles. The summed E-state index contributed by atoms with van der Waals surface area (Å²) in [6, 6.07) is 42.6. The number of para-hydroxylation sites is 3. The molecule has 0 aliphatic rings. The Bertz CT molecular complexity index is 2500. The summed E-state index contributed by atoms with van der Waals surface area (Å²) in [5.41, 5.74) is 7.37. The van der Waals surface area contributed by atoms with Crippen LogP contribution < -0.4 is 0 Å². The highest BCUT2D eigenvalue weighted by atomic mass is 32.1. The number of thiophene rings is 1. The molecule has 0 amide bonds. The second-order valence-corrected chi connectivity index (χ2v) is 11.5. The number of furan rings is 1. The molecule has 0 unspecified atom stereocenters. The van der Waals surface area contributed by atoms with Crippen LogP contribution in [-0.4, -0.2) is 4.57 Å². The van der Waals surface area contributed by atoms with Gasteiger partial charge in [-0.1, -0.05) is 91.0 Å². The summed E-state index contributed by atoms with van der Waals surface area (Å²) in [6.45, 7) is 7.91. The molecule has 0 bridgehead atoms. The molecule has 3 aromatic heterocycles. The van der Waals surface area contributed by atoms with E-state index in [0.717, 1.165) is 44.2 Å². The van der Waals surface area contributed by atoms with Crippen molar-refractivity contribution in [3.8, 4) is 16.8 Å². The van der Waals surface area contributed by atoms with Gasteiger partial charge >= 0.3 is 0 Å². The fourth-order valence-electron chi connectivity index (χ4n) is 6.45. The second kappa shape index (κ2) is 8.32. The van der Waals surface area contributed by atoms with E-state index < -0.39 is 0 Å². The van der Waals surface area contributed by atoms with Gasteiger partial charge in [0.1, 0.15) is 5.58 Å². The number of fused-ring (bicyclic) bond motifs is 9. The lowest BCUT2D eigenvalue weighted by Crippen LogP contribution is -1.94. The Morgan fingerprint density at radius 3 is 2.05 bits per heavy atom. The van der Waals surface area contributed by atoms with Crippen LogP contribution in [0.3, 0.4) is 0 Å². The molecule has 0 atom stereocenters. The van der Waals surface area contributed by atoms with Gasteiger partial charge < -0.3 is 8.98 Å². The van der Waals surface area contributed by atoms with Crippen LogP contribution in [0.15, 0.2) is 126 Å². The Morgan fingerprint density at radius 2 is 1.27 bits per heavy atom. The van der Waals surface area contributed by atoms with E-state index in [2.05, 4.69) is 125 Å². The van der Waals surface area contributed by atoms with Gasteiger partial charge in [-0.15, -0.1) is 11.3 Å². The molecule has 0 saturated heterocycles. The molecule has 0 fully saturated rings. The number of hydrogen-bond acceptors (Lipinski definition) is 2. The average Bonchev–Trinajstić information content (AvgIpc) is 3.70. The third-order valence-corrected chi connectivity index (χ3v) is 9.37. The van der Waals surface area contributed by atoms with Gasteiger partial charge in [-0.05, 0) is 41.5 Å². The van der Waals surface area contributed by atoms with Gasteiger partial charge in [0, 0.05) is 41.7 Å². The predicted molar refractivity (Wildman–Crippen MR) is 173 cm³/mol. The monoisotopic (exact) mass is 540 g/mol. The molecule has 0 saturated carbocycles. The molecule has 41 heavy (non-hydrogen) atoms. The Hall–Kier alpha value is -5.37. The molecule has 9 rings (SSSR count). The van der Waals surface area contributed by atoms with Crippen LogP contribution in [0.4, 0.5) is 5.69 Å². The Balaban J connectivity index is 1.37. The van der Waals surface area contributed by atoms with E-state index in [-0.39, 0.29) is 0 Å². The van der Waals surface area contributed by atoms with E-state index in [1.165, 1.54) is 30.9 Å². The minimum Gasteiger partial charge on any atom is -0.465 e. The zero-order valence-electron chi connectivity index (χ0n) is 21.8. The van der Waals surface area contributed by atoms with Crippen molar-refractivity contribution in [2.24, 2.45) is 0 Å². The first-order valence-corrected chi connectivity index (χ1v) is 14.4. The van der Waals surface area contributed by atoms with Crippen molar-refractivity contribution < 1.29 is 4.42 Å². The summed E-state index contributed by atoms with van der Waals surface area (Å²) in [7, 11) is 0. The van der Waals surface area contributed by atoms with E-state index in [1.54, 1.807) is 0 Å². The Kier molecular flexibility index (Phi) is 4.55. The highest BCUT2D eigenvalue weighted by Crippen LogP contribution is 2.45. The molecule has 0 spiro atoms. The number of nitrogens with zero attached hydrogens (tertiary/aromatic N) is 2. The molecule has 0 N–H and O–H groups in total. The largest absolute Gasteiger partial charge is 0.465 e. The van der Waals surface area contributed by atoms with Crippen molar-refractivity contribution in [1.29, 1.82) is 0 Å². The smallest absolute Gasteiger partial charge is 0.229 e. The highest BCUT2D eigenvalue weighted by molar-refractivity contribution is 7.25. The van der Waals surface area contributed by atoms with Crippen molar-refractivity contribution in [1.82, 2.24) is 4.57 Å². The zero-order chi connectivity index (χ0) is 27.1.